The molecule has 104 valence electrons. The van der Waals surface area contributed by atoms with Crippen LogP contribution in [0, 0.1) is 5.41 Å². The Morgan fingerprint density at radius 1 is 1.44 bits per heavy atom. The lowest BCUT2D eigenvalue weighted by molar-refractivity contribution is -0.121. The average Bonchev–Trinajstić information content (AvgIpc) is 3.11. The number of nitrogens with one attached hydrogen (secondary N) is 2. The zero-order valence-corrected chi connectivity index (χ0v) is 11.2. The molecule has 0 atom stereocenters. The van der Waals surface area contributed by atoms with Gasteiger partial charge >= 0.3 is 0 Å². The summed E-state index contributed by atoms with van der Waals surface area (Å²) >= 11 is 0. The topological polar surface area (TPSA) is 99.7 Å². The highest BCUT2D eigenvalue weighted by molar-refractivity contribution is 5.85. The monoisotopic (exact) mass is 256 g/mol. The summed E-state index contributed by atoms with van der Waals surface area (Å²) in [7, 11) is 0. The van der Waals surface area contributed by atoms with Gasteiger partial charge in [-0.2, -0.15) is 0 Å². The molecule has 1 fully saturated rings. The molecule has 0 radical (unpaired) electrons. The minimum absolute atomic E-state index is 0.112. The van der Waals surface area contributed by atoms with Crippen LogP contribution in [0.2, 0.25) is 0 Å². The summed E-state index contributed by atoms with van der Waals surface area (Å²) in [6.07, 6.45) is 3.49. The quantitative estimate of drug-likeness (QED) is 0.166. The molecule has 5 N–H and O–H groups in total. The Bertz CT molecular complexity index is 311. The molecule has 0 spiro atoms. The number of oxime groups is 1. The van der Waals surface area contributed by atoms with E-state index >= 15 is 0 Å². The summed E-state index contributed by atoms with van der Waals surface area (Å²) < 4.78 is 0. The van der Waals surface area contributed by atoms with Crippen molar-refractivity contribution in [1.29, 1.82) is 0 Å². The van der Waals surface area contributed by atoms with Crippen molar-refractivity contribution in [3.8, 4) is 0 Å². The Morgan fingerprint density at radius 2 is 2.11 bits per heavy atom. The van der Waals surface area contributed by atoms with Gasteiger partial charge < -0.3 is 21.6 Å². The van der Waals surface area contributed by atoms with Crippen LogP contribution in [0.4, 0.5) is 0 Å². The number of hydrogen-bond acceptors (Lipinski definition) is 4. The van der Waals surface area contributed by atoms with E-state index in [2.05, 4.69) is 15.8 Å². The third kappa shape index (κ3) is 5.35. The molecular weight excluding hydrogens is 232 g/mol. The van der Waals surface area contributed by atoms with Crippen molar-refractivity contribution in [2.75, 3.05) is 13.1 Å². The molecule has 1 amide bonds. The molecule has 0 bridgehead atoms. The first-order chi connectivity index (χ1) is 8.45. The first kappa shape index (κ1) is 14.8. The first-order valence-corrected chi connectivity index (χ1v) is 6.44. The molecule has 1 aliphatic carbocycles. The van der Waals surface area contributed by atoms with E-state index in [1.54, 1.807) is 0 Å². The van der Waals surface area contributed by atoms with Crippen molar-refractivity contribution in [3.63, 3.8) is 0 Å². The molecule has 0 aliphatic heterocycles. The van der Waals surface area contributed by atoms with E-state index in [1.165, 1.54) is 0 Å². The number of hydrogen-bond donors (Lipinski definition) is 4. The maximum absolute atomic E-state index is 11.4. The van der Waals surface area contributed by atoms with Crippen LogP contribution in [0.25, 0.3) is 0 Å². The molecule has 6 heteroatoms. The molecule has 1 aliphatic rings. The average molecular weight is 256 g/mol. The normalized spacial score (nSPS) is 16.7. The lowest BCUT2D eigenvalue weighted by atomic mass is 9.88. The van der Waals surface area contributed by atoms with Crippen LogP contribution in [0.15, 0.2) is 5.16 Å². The van der Waals surface area contributed by atoms with E-state index in [4.69, 9.17) is 10.9 Å². The highest BCUT2D eigenvalue weighted by Gasteiger charge is 2.24. The zero-order chi connectivity index (χ0) is 13.6. The molecule has 1 saturated carbocycles. The molecule has 0 aromatic rings. The summed E-state index contributed by atoms with van der Waals surface area (Å²) in [6, 6.07) is 0.428. The fourth-order valence-electron chi connectivity index (χ4n) is 1.52. The fraction of sp³-hybridized carbons (Fsp3) is 0.833. The van der Waals surface area contributed by atoms with E-state index in [-0.39, 0.29) is 17.2 Å². The lowest BCUT2D eigenvalue weighted by Crippen LogP contribution is -2.35. The van der Waals surface area contributed by atoms with Gasteiger partial charge in [-0.15, -0.1) is 0 Å². The van der Waals surface area contributed by atoms with Crippen LogP contribution in [0.3, 0.4) is 0 Å². The van der Waals surface area contributed by atoms with E-state index in [0.717, 1.165) is 25.8 Å². The van der Waals surface area contributed by atoms with Crippen molar-refractivity contribution >= 4 is 11.7 Å². The van der Waals surface area contributed by atoms with E-state index in [9.17, 15) is 4.79 Å². The second-order valence-electron chi connectivity index (χ2n) is 5.46. The van der Waals surface area contributed by atoms with E-state index in [0.29, 0.717) is 19.0 Å². The van der Waals surface area contributed by atoms with Gasteiger partial charge in [-0.1, -0.05) is 19.0 Å². The summed E-state index contributed by atoms with van der Waals surface area (Å²) in [4.78, 5) is 11.4. The largest absolute Gasteiger partial charge is 0.409 e. The molecule has 6 nitrogen and oxygen atoms in total. The highest BCUT2D eigenvalue weighted by atomic mass is 16.4. The number of carbonyl (C=O) groups is 1. The van der Waals surface area contributed by atoms with Gasteiger partial charge in [0.25, 0.3) is 0 Å². The molecule has 0 unspecified atom stereocenters. The van der Waals surface area contributed by atoms with Gasteiger partial charge in [-0.3, -0.25) is 4.79 Å². The summed E-state index contributed by atoms with van der Waals surface area (Å²) in [5, 5.41) is 17.8. The Labute approximate surface area is 108 Å². The molecule has 0 aromatic heterocycles. The standard InChI is InChI=1S/C12H24N4O2/c1-12(2,11(13)16-18)6-8-14-7-5-10(17)15-9-3-4-9/h9,14,18H,3-8H2,1-2H3,(H2,13,16)(H,15,17). The Morgan fingerprint density at radius 3 is 2.67 bits per heavy atom. The van der Waals surface area contributed by atoms with Crippen LogP contribution in [0.1, 0.15) is 39.5 Å². The third-order valence-corrected chi connectivity index (χ3v) is 3.20. The van der Waals surface area contributed by atoms with Crippen molar-refractivity contribution in [2.24, 2.45) is 16.3 Å². The molecule has 18 heavy (non-hydrogen) atoms. The van der Waals surface area contributed by atoms with Crippen molar-refractivity contribution in [2.45, 2.75) is 45.6 Å². The highest BCUT2D eigenvalue weighted by Crippen LogP contribution is 2.19. The van der Waals surface area contributed by atoms with Gasteiger partial charge in [0.2, 0.25) is 5.91 Å². The van der Waals surface area contributed by atoms with Gasteiger partial charge in [0, 0.05) is 24.4 Å². The van der Waals surface area contributed by atoms with Gasteiger partial charge in [-0.05, 0) is 25.8 Å². The third-order valence-electron chi connectivity index (χ3n) is 3.20. The van der Waals surface area contributed by atoms with Crippen LogP contribution in [-0.4, -0.2) is 36.1 Å². The van der Waals surface area contributed by atoms with Crippen molar-refractivity contribution < 1.29 is 10.0 Å². The molecule has 1 rings (SSSR count). The number of carbonyl (C=O) groups excluding carboxylic acids is 1. The predicted molar refractivity (Wildman–Crippen MR) is 70.5 cm³/mol. The van der Waals surface area contributed by atoms with E-state index < -0.39 is 0 Å². The van der Waals surface area contributed by atoms with Crippen molar-refractivity contribution in [1.82, 2.24) is 10.6 Å². The molecule has 0 aromatic carbocycles. The number of rotatable bonds is 8. The van der Waals surface area contributed by atoms with E-state index in [1.807, 2.05) is 13.8 Å². The minimum Gasteiger partial charge on any atom is -0.409 e. The molecule has 0 heterocycles. The van der Waals surface area contributed by atoms with Crippen LogP contribution >= 0.6 is 0 Å². The smallest absolute Gasteiger partial charge is 0.221 e. The lowest BCUT2D eigenvalue weighted by Gasteiger charge is -2.22. The number of nitrogens with two attached hydrogens (primary N) is 1. The minimum atomic E-state index is -0.335. The first-order valence-electron chi connectivity index (χ1n) is 6.44. The van der Waals surface area contributed by atoms with Crippen LogP contribution in [-0.2, 0) is 4.79 Å². The number of amides is 1. The Kier molecular flexibility index (Phi) is 5.40. The van der Waals surface area contributed by atoms with Crippen LogP contribution in [0.5, 0.6) is 0 Å². The number of nitrogens with zero attached hydrogens (tertiary/aromatic N) is 1. The molecule has 0 saturated heterocycles. The number of amidine groups is 1. The van der Waals surface area contributed by atoms with Gasteiger partial charge in [0.05, 0.1) is 0 Å². The Hall–Kier alpha value is -1.30. The zero-order valence-electron chi connectivity index (χ0n) is 11.2. The summed E-state index contributed by atoms with van der Waals surface area (Å²) in [6.45, 7) is 5.23. The van der Waals surface area contributed by atoms with Gasteiger partial charge in [-0.25, -0.2) is 0 Å². The maximum Gasteiger partial charge on any atom is 0.221 e. The van der Waals surface area contributed by atoms with Gasteiger partial charge in [0.1, 0.15) is 5.84 Å². The second kappa shape index (κ2) is 6.58. The fourth-order valence-corrected chi connectivity index (χ4v) is 1.52. The van der Waals surface area contributed by atoms with Crippen molar-refractivity contribution in [3.05, 3.63) is 0 Å². The van der Waals surface area contributed by atoms with Crippen LogP contribution < -0.4 is 16.4 Å². The Balaban J connectivity index is 2.05. The molecular formula is C12H24N4O2. The maximum atomic E-state index is 11.4. The van der Waals surface area contributed by atoms with Gasteiger partial charge in [0.15, 0.2) is 0 Å². The summed E-state index contributed by atoms with van der Waals surface area (Å²) in [5.74, 6) is 0.344. The predicted octanol–water partition coefficient (Wildman–Crippen LogP) is 0.407. The SMILES string of the molecule is CC(C)(CCNCCC(=O)NC1CC1)C(N)=NO. The summed E-state index contributed by atoms with van der Waals surface area (Å²) in [5.41, 5.74) is 5.25. The second-order valence-corrected chi connectivity index (χ2v) is 5.46.